The summed E-state index contributed by atoms with van der Waals surface area (Å²) in [4.78, 5) is 0. The molecule has 25 valence electrons. The molecule has 0 amide bonds. The third-order valence-electron chi connectivity index (χ3n) is 0.577. The zero-order chi connectivity index (χ0) is 2.83. The predicted molar refractivity (Wildman–Crippen MR) is 25.6 cm³/mol. The van der Waals surface area contributed by atoms with E-state index in [0.717, 1.165) is 0 Å². The summed E-state index contributed by atoms with van der Waals surface area (Å²) in [6, 6.07) is 0. The van der Waals surface area contributed by atoms with Gasteiger partial charge >= 0.3 is 23.1 Å². The molecule has 0 aromatic rings. The van der Waals surface area contributed by atoms with Crippen LogP contribution in [0.5, 0.6) is 0 Å². The van der Waals surface area contributed by atoms with Crippen molar-refractivity contribution in [2.45, 2.75) is 12.8 Å². The second kappa shape index (κ2) is 2.73. The minimum atomic E-state index is 0. The van der Waals surface area contributed by atoms with E-state index >= 15 is 0 Å². The topological polar surface area (TPSA) is 0 Å². The summed E-state index contributed by atoms with van der Waals surface area (Å²) in [6.07, 6.45) is 7.50. The number of hydrogen-bond acceptors (Lipinski definition) is 0. The van der Waals surface area contributed by atoms with Gasteiger partial charge in [0, 0.05) is 0 Å². The van der Waals surface area contributed by atoms with Crippen molar-refractivity contribution in [1.29, 1.82) is 0 Å². The first-order chi connectivity index (χ1) is 2.00. The first kappa shape index (κ1) is 5.51. The quantitative estimate of drug-likeness (QED) is 0.365. The molecule has 0 atom stereocenters. The average Bonchev–Trinajstić information content (AvgIpc) is 0.722. The van der Waals surface area contributed by atoms with E-state index in [0.29, 0.717) is 0 Å². The van der Waals surface area contributed by atoms with Gasteiger partial charge in [-0.2, -0.15) is 0 Å². The van der Waals surface area contributed by atoms with Crippen LogP contribution in [-0.2, 0) is 0 Å². The molecule has 0 saturated carbocycles. The summed E-state index contributed by atoms with van der Waals surface area (Å²) in [5, 5.41) is 0. The minimum absolute atomic E-state index is 0. The Morgan fingerprint density at radius 1 is 1.60 bits per heavy atom. The zero-order valence-corrected chi connectivity index (χ0v) is 2.49. The van der Waals surface area contributed by atoms with E-state index in [1.54, 1.807) is 0 Å². The highest BCUT2D eigenvalue weighted by atomic mass is 24.3. The fourth-order valence-corrected chi connectivity index (χ4v) is 0.144. The van der Waals surface area contributed by atoms with Crippen molar-refractivity contribution in [3.63, 3.8) is 0 Å². The zero-order valence-electron chi connectivity index (χ0n) is 2.49. The molecular weight excluding hydrogens is 72.3 g/mol. The molecule has 0 fully saturated rings. The summed E-state index contributed by atoms with van der Waals surface area (Å²) >= 11 is 0. The normalized spacial score (nSPS) is 16.0. The SMILES string of the molecule is [C]1=CCC1.[MgH2]. The molecule has 0 heterocycles. The van der Waals surface area contributed by atoms with Crippen molar-refractivity contribution in [3.8, 4) is 0 Å². The second-order valence-corrected chi connectivity index (χ2v) is 0.947. The molecule has 1 aliphatic rings. The van der Waals surface area contributed by atoms with E-state index in [-0.39, 0.29) is 23.1 Å². The first-order valence-electron chi connectivity index (χ1n) is 1.55. The van der Waals surface area contributed by atoms with Crippen molar-refractivity contribution in [2.75, 3.05) is 0 Å². The van der Waals surface area contributed by atoms with Crippen LogP contribution in [0.15, 0.2) is 6.08 Å². The van der Waals surface area contributed by atoms with Gasteiger partial charge in [0.15, 0.2) is 0 Å². The van der Waals surface area contributed by atoms with Gasteiger partial charge in [0.1, 0.15) is 0 Å². The van der Waals surface area contributed by atoms with Crippen molar-refractivity contribution in [2.24, 2.45) is 0 Å². The van der Waals surface area contributed by atoms with Crippen LogP contribution < -0.4 is 0 Å². The Bertz CT molecular complexity index is 32.9. The second-order valence-electron chi connectivity index (χ2n) is 0.947. The summed E-state index contributed by atoms with van der Waals surface area (Å²) in [5.74, 6) is 0. The molecule has 0 N–H and O–H groups in total. The Kier molecular flexibility index (Phi) is 3.00. The van der Waals surface area contributed by atoms with Gasteiger partial charge in [-0.1, -0.05) is 6.08 Å². The molecule has 0 saturated heterocycles. The fourth-order valence-electron chi connectivity index (χ4n) is 0.144. The molecule has 5 heavy (non-hydrogen) atoms. The molecule has 0 unspecified atom stereocenters. The van der Waals surface area contributed by atoms with Gasteiger partial charge in [0.05, 0.1) is 0 Å². The van der Waals surface area contributed by atoms with Crippen LogP contribution in [0.3, 0.4) is 0 Å². The van der Waals surface area contributed by atoms with Crippen LogP contribution in [-0.4, -0.2) is 23.1 Å². The van der Waals surface area contributed by atoms with Crippen molar-refractivity contribution < 1.29 is 0 Å². The third-order valence-corrected chi connectivity index (χ3v) is 0.577. The van der Waals surface area contributed by atoms with Gasteiger partial charge in [-0.3, -0.25) is 0 Å². The van der Waals surface area contributed by atoms with Gasteiger partial charge in [-0.25, -0.2) is 0 Å². The van der Waals surface area contributed by atoms with E-state index in [4.69, 9.17) is 0 Å². The van der Waals surface area contributed by atoms with Crippen molar-refractivity contribution in [1.82, 2.24) is 0 Å². The van der Waals surface area contributed by atoms with E-state index in [1.165, 1.54) is 12.8 Å². The molecule has 1 heteroatoms. The highest BCUT2D eigenvalue weighted by molar-refractivity contribution is 5.75. The maximum Gasteiger partial charge on any atom is 0.316 e. The number of rotatable bonds is 0. The third kappa shape index (κ3) is 1.39. The Morgan fingerprint density at radius 3 is 1.80 bits per heavy atom. The molecule has 0 spiro atoms. The van der Waals surface area contributed by atoms with Gasteiger partial charge in [-0.05, 0) is 18.9 Å². The molecule has 1 aliphatic carbocycles. The van der Waals surface area contributed by atoms with Crippen molar-refractivity contribution in [3.05, 3.63) is 12.2 Å². The van der Waals surface area contributed by atoms with Gasteiger partial charge < -0.3 is 0 Å². The van der Waals surface area contributed by atoms with Crippen LogP contribution in [0, 0.1) is 6.08 Å². The fraction of sp³-hybridized carbons (Fsp3) is 0.500. The highest BCUT2D eigenvalue weighted by Crippen LogP contribution is 2.00. The van der Waals surface area contributed by atoms with Crippen LogP contribution in [0.25, 0.3) is 0 Å². The summed E-state index contributed by atoms with van der Waals surface area (Å²) in [5.41, 5.74) is 0. The maximum atomic E-state index is 2.99. The Labute approximate surface area is 48.4 Å². The molecule has 1 rings (SSSR count). The lowest BCUT2D eigenvalue weighted by Gasteiger charge is -1.91. The number of hydrogen-bond donors (Lipinski definition) is 0. The van der Waals surface area contributed by atoms with Gasteiger partial charge in [0.2, 0.25) is 0 Å². The standard InChI is InChI=1S/C4H5.Mg.2H/c1-2-4-3-1;;;/h1H,2,4H2;;;. The van der Waals surface area contributed by atoms with Gasteiger partial charge in [-0.15, -0.1) is 0 Å². The van der Waals surface area contributed by atoms with Crippen LogP contribution in [0.1, 0.15) is 12.8 Å². The number of allylic oxidation sites excluding steroid dienone is 2. The maximum absolute atomic E-state index is 2.99. The smallest absolute Gasteiger partial charge is 0.0807 e. The minimum Gasteiger partial charge on any atom is -0.0807 e. The van der Waals surface area contributed by atoms with E-state index < -0.39 is 0 Å². The summed E-state index contributed by atoms with van der Waals surface area (Å²) in [7, 11) is 0. The molecule has 0 aliphatic heterocycles. The Hall–Kier alpha value is 0.506. The van der Waals surface area contributed by atoms with E-state index in [2.05, 4.69) is 12.2 Å². The Morgan fingerprint density at radius 2 is 1.80 bits per heavy atom. The lowest BCUT2D eigenvalue weighted by molar-refractivity contribution is 0.928. The molecule has 0 nitrogen and oxygen atoms in total. The monoisotopic (exact) mass is 79.0 g/mol. The first-order valence-corrected chi connectivity index (χ1v) is 1.55. The molecule has 1 radical (unpaired) electrons. The van der Waals surface area contributed by atoms with Crippen LogP contribution in [0.2, 0.25) is 0 Å². The predicted octanol–water partition coefficient (Wildman–Crippen LogP) is 0.223. The molecular formula is C4H7Mg. The molecule has 0 aromatic heterocycles. The molecule has 0 aromatic carbocycles. The molecule has 0 bridgehead atoms. The lowest BCUT2D eigenvalue weighted by Crippen LogP contribution is -1.73. The lowest BCUT2D eigenvalue weighted by atomic mass is 10.1. The van der Waals surface area contributed by atoms with E-state index in [9.17, 15) is 0 Å². The highest BCUT2D eigenvalue weighted by Gasteiger charge is 1.82. The summed E-state index contributed by atoms with van der Waals surface area (Å²) in [6.45, 7) is 0. The Balaban J connectivity index is 0.000000160. The van der Waals surface area contributed by atoms with Gasteiger partial charge in [0.25, 0.3) is 0 Å². The summed E-state index contributed by atoms with van der Waals surface area (Å²) < 4.78 is 0. The average molecular weight is 79.4 g/mol. The van der Waals surface area contributed by atoms with Crippen LogP contribution in [0.4, 0.5) is 0 Å². The van der Waals surface area contributed by atoms with E-state index in [1.807, 2.05) is 0 Å². The van der Waals surface area contributed by atoms with Crippen molar-refractivity contribution >= 4 is 23.1 Å². The van der Waals surface area contributed by atoms with Crippen LogP contribution >= 0.6 is 0 Å². The largest absolute Gasteiger partial charge is 0.316 e.